The van der Waals surface area contributed by atoms with Crippen molar-refractivity contribution in [2.24, 2.45) is 0 Å². The monoisotopic (exact) mass is 428 g/mol. The number of aliphatic hydroxyl groups excluding tert-OH is 1. The summed E-state index contributed by atoms with van der Waals surface area (Å²) in [6.07, 6.45) is 9.27. The molecule has 1 fully saturated rings. The molecule has 0 aliphatic carbocycles. The summed E-state index contributed by atoms with van der Waals surface area (Å²) in [6.45, 7) is 2.14. The second kappa shape index (κ2) is 10.5. The highest BCUT2D eigenvalue weighted by molar-refractivity contribution is 7.10. The molecule has 2 N–H and O–H groups in total. The highest BCUT2D eigenvalue weighted by Gasteiger charge is 2.31. The number of nitrogens with zero attached hydrogens (tertiary/aromatic N) is 2. The number of benzene rings is 1. The lowest BCUT2D eigenvalue weighted by Gasteiger charge is -2.24. The van der Waals surface area contributed by atoms with Gasteiger partial charge in [0.15, 0.2) is 5.69 Å². The van der Waals surface area contributed by atoms with Gasteiger partial charge in [-0.25, -0.2) is 9.78 Å². The Morgan fingerprint density at radius 1 is 1.33 bits per heavy atom. The van der Waals surface area contributed by atoms with E-state index in [1.54, 1.807) is 0 Å². The van der Waals surface area contributed by atoms with Gasteiger partial charge in [-0.3, -0.25) is 4.79 Å². The molecule has 1 amide bonds. The Hall–Kier alpha value is -2.51. The van der Waals surface area contributed by atoms with E-state index in [2.05, 4.69) is 11.9 Å². The third-order valence-corrected chi connectivity index (χ3v) is 6.18. The first kappa shape index (κ1) is 22.2. The number of carboxylic acids is 1. The van der Waals surface area contributed by atoms with E-state index in [1.807, 2.05) is 41.3 Å². The van der Waals surface area contributed by atoms with Gasteiger partial charge in [0, 0.05) is 23.5 Å². The van der Waals surface area contributed by atoms with Gasteiger partial charge in [0.1, 0.15) is 5.01 Å². The molecule has 1 aliphatic rings. The number of hydrogen-bond donors (Lipinski definition) is 2. The molecular weight excluding hydrogens is 400 g/mol. The van der Waals surface area contributed by atoms with Crippen molar-refractivity contribution in [3.63, 3.8) is 0 Å². The van der Waals surface area contributed by atoms with Gasteiger partial charge in [0.25, 0.3) is 0 Å². The molecule has 1 aliphatic heterocycles. The van der Waals surface area contributed by atoms with Crippen molar-refractivity contribution in [2.45, 2.75) is 64.0 Å². The summed E-state index contributed by atoms with van der Waals surface area (Å²) < 4.78 is 0. The van der Waals surface area contributed by atoms with E-state index in [4.69, 9.17) is 5.11 Å². The topological polar surface area (TPSA) is 90.7 Å². The largest absolute Gasteiger partial charge is 0.476 e. The second-order valence-electron chi connectivity index (χ2n) is 7.57. The van der Waals surface area contributed by atoms with Crippen LogP contribution in [0.5, 0.6) is 0 Å². The lowest BCUT2D eigenvalue weighted by atomic mass is 10.0. The quantitative estimate of drug-likeness (QED) is 0.517. The van der Waals surface area contributed by atoms with Crippen LogP contribution in [0.3, 0.4) is 0 Å². The zero-order valence-electron chi connectivity index (χ0n) is 17.2. The SMILES string of the molecule is CCCCC[C@@H](O)c1ccc(N2C(=O)CCC2CC=Cc2nc(C(=O)O)cs2)cc1. The maximum atomic E-state index is 12.5. The Balaban J connectivity index is 1.62. The van der Waals surface area contributed by atoms with Gasteiger partial charge in [0.2, 0.25) is 5.91 Å². The van der Waals surface area contributed by atoms with Crippen LogP contribution in [0.4, 0.5) is 5.69 Å². The smallest absolute Gasteiger partial charge is 0.355 e. The summed E-state index contributed by atoms with van der Waals surface area (Å²) in [5.41, 5.74) is 1.79. The molecule has 0 saturated carbocycles. The van der Waals surface area contributed by atoms with Crippen LogP contribution in [-0.4, -0.2) is 33.1 Å². The lowest BCUT2D eigenvalue weighted by Crippen LogP contribution is -2.32. The van der Waals surface area contributed by atoms with E-state index in [9.17, 15) is 14.7 Å². The molecule has 6 nitrogen and oxygen atoms in total. The summed E-state index contributed by atoms with van der Waals surface area (Å²) in [7, 11) is 0. The van der Waals surface area contributed by atoms with Crippen LogP contribution in [-0.2, 0) is 4.79 Å². The van der Waals surface area contributed by atoms with Gasteiger partial charge in [-0.05, 0) is 43.0 Å². The van der Waals surface area contributed by atoms with Crippen molar-refractivity contribution in [3.05, 3.63) is 52.0 Å². The molecule has 1 saturated heterocycles. The molecule has 1 aromatic heterocycles. The molecule has 0 bridgehead atoms. The Morgan fingerprint density at radius 3 is 2.77 bits per heavy atom. The van der Waals surface area contributed by atoms with E-state index in [-0.39, 0.29) is 17.6 Å². The molecule has 1 aromatic carbocycles. The Kier molecular flexibility index (Phi) is 7.76. The molecule has 7 heteroatoms. The highest BCUT2D eigenvalue weighted by atomic mass is 32.1. The molecule has 1 unspecified atom stereocenters. The van der Waals surface area contributed by atoms with Crippen molar-refractivity contribution >= 4 is 35.0 Å². The highest BCUT2D eigenvalue weighted by Crippen LogP contribution is 2.30. The first-order valence-corrected chi connectivity index (χ1v) is 11.3. The fourth-order valence-corrected chi connectivity index (χ4v) is 4.43. The number of rotatable bonds is 10. The fraction of sp³-hybridized carbons (Fsp3) is 0.435. The van der Waals surface area contributed by atoms with E-state index >= 15 is 0 Å². The summed E-state index contributed by atoms with van der Waals surface area (Å²) in [6, 6.07) is 7.71. The van der Waals surface area contributed by atoms with Crippen molar-refractivity contribution in [2.75, 3.05) is 4.90 Å². The average Bonchev–Trinajstić information content (AvgIpc) is 3.35. The number of carboxylic acid groups (broad SMARTS) is 1. The van der Waals surface area contributed by atoms with E-state index < -0.39 is 12.1 Å². The normalized spacial score (nSPS) is 17.7. The number of aromatic carboxylic acids is 1. The number of hydrogen-bond acceptors (Lipinski definition) is 5. The average molecular weight is 429 g/mol. The zero-order valence-corrected chi connectivity index (χ0v) is 18.0. The molecule has 0 spiro atoms. The van der Waals surface area contributed by atoms with Crippen LogP contribution < -0.4 is 4.90 Å². The van der Waals surface area contributed by atoms with Crippen molar-refractivity contribution in [1.29, 1.82) is 0 Å². The van der Waals surface area contributed by atoms with Crippen LogP contribution in [0.1, 0.15) is 79.0 Å². The van der Waals surface area contributed by atoms with Gasteiger partial charge in [-0.1, -0.05) is 44.4 Å². The third kappa shape index (κ3) is 5.55. The Morgan fingerprint density at radius 2 is 2.10 bits per heavy atom. The summed E-state index contributed by atoms with van der Waals surface area (Å²) in [5.74, 6) is -0.926. The van der Waals surface area contributed by atoms with E-state index in [0.717, 1.165) is 43.4 Å². The summed E-state index contributed by atoms with van der Waals surface area (Å²) >= 11 is 1.29. The van der Waals surface area contributed by atoms with Gasteiger partial charge in [-0.2, -0.15) is 0 Å². The van der Waals surface area contributed by atoms with Gasteiger partial charge < -0.3 is 15.1 Å². The van der Waals surface area contributed by atoms with Crippen molar-refractivity contribution in [1.82, 2.24) is 4.98 Å². The van der Waals surface area contributed by atoms with Crippen LogP contribution in [0.25, 0.3) is 6.08 Å². The van der Waals surface area contributed by atoms with Gasteiger partial charge in [0.05, 0.1) is 6.10 Å². The molecule has 2 atom stereocenters. The standard InChI is InChI=1S/C23H28N2O4S/c1-2-3-4-7-20(26)16-9-11-18(12-10-16)25-17(13-14-22(25)27)6-5-8-21-24-19(15-30-21)23(28)29/h5,8-12,15,17,20,26H,2-4,6-7,13-14H2,1H3,(H,28,29)/t17?,20-/m1/s1. The molecule has 0 radical (unpaired) electrons. The Bertz CT molecular complexity index is 891. The molecule has 30 heavy (non-hydrogen) atoms. The number of aromatic nitrogens is 1. The third-order valence-electron chi connectivity index (χ3n) is 5.37. The Labute approximate surface area is 180 Å². The molecule has 2 aromatic rings. The number of aliphatic hydroxyl groups is 1. The number of thiazole rings is 1. The summed E-state index contributed by atoms with van der Waals surface area (Å²) in [5, 5.41) is 21.5. The van der Waals surface area contributed by atoms with Crippen LogP contribution in [0, 0.1) is 0 Å². The number of amides is 1. The minimum Gasteiger partial charge on any atom is -0.476 e. The van der Waals surface area contributed by atoms with Crippen LogP contribution in [0.2, 0.25) is 0 Å². The minimum atomic E-state index is -1.03. The predicted molar refractivity (Wildman–Crippen MR) is 119 cm³/mol. The van der Waals surface area contributed by atoms with Crippen molar-refractivity contribution < 1.29 is 19.8 Å². The molecule has 3 rings (SSSR count). The van der Waals surface area contributed by atoms with Crippen molar-refractivity contribution in [3.8, 4) is 0 Å². The zero-order chi connectivity index (χ0) is 21.5. The first-order valence-electron chi connectivity index (χ1n) is 10.4. The number of anilines is 1. The summed E-state index contributed by atoms with van der Waals surface area (Å²) in [4.78, 5) is 29.3. The predicted octanol–water partition coefficient (Wildman–Crippen LogP) is 5.05. The number of unbranched alkanes of at least 4 members (excludes halogenated alkanes) is 2. The molecule has 160 valence electrons. The maximum Gasteiger partial charge on any atom is 0.355 e. The first-order chi connectivity index (χ1) is 14.5. The van der Waals surface area contributed by atoms with E-state index in [0.29, 0.717) is 17.8 Å². The maximum absolute atomic E-state index is 12.5. The molecular formula is C23H28N2O4S. The lowest BCUT2D eigenvalue weighted by molar-refractivity contribution is -0.117. The van der Waals surface area contributed by atoms with Gasteiger partial charge in [-0.15, -0.1) is 11.3 Å². The van der Waals surface area contributed by atoms with Crippen LogP contribution >= 0.6 is 11.3 Å². The number of carbonyl (C=O) groups excluding carboxylic acids is 1. The van der Waals surface area contributed by atoms with Gasteiger partial charge >= 0.3 is 5.97 Å². The second-order valence-corrected chi connectivity index (χ2v) is 8.46. The van der Waals surface area contributed by atoms with Crippen LogP contribution in [0.15, 0.2) is 35.7 Å². The molecule has 2 heterocycles. The minimum absolute atomic E-state index is 0.0503. The fourth-order valence-electron chi connectivity index (χ4n) is 3.72. The van der Waals surface area contributed by atoms with E-state index in [1.165, 1.54) is 16.7 Å². The number of carbonyl (C=O) groups is 2.